The monoisotopic (exact) mass is 505 g/mol. The van der Waals surface area contributed by atoms with Crippen molar-refractivity contribution in [1.29, 1.82) is 0 Å². The van der Waals surface area contributed by atoms with Crippen LogP contribution in [-0.2, 0) is 17.4 Å². The Hall–Kier alpha value is -3.56. The highest BCUT2D eigenvalue weighted by atomic mass is 19.4. The third kappa shape index (κ3) is 6.56. The van der Waals surface area contributed by atoms with Crippen LogP contribution in [0, 0.1) is 0 Å². The van der Waals surface area contributed by atoms with Gasteiger partial charge in [0.2, 0.25) is 5.75 Å². The van der Waals surface area contributed by atoms with Gasteiger partial charge in [-0.2, -0.15) is 18.3 Å². The van der Waals surface area contributed by atoms with E-state index in [0.717, 1.165) is 36.4 Å². The van der Waals surface area contributed by atoms with Crippen molar-refractivity contribution in [2.24, 2.45) is 0 Å². The Morgan fingerprint density at radius 2 is 1.83 bits per heavy atom. The second-order valence-corrected chi connectivity index (χ2v) is 8.23. The van der Waals surface area contributed by atoms with E-state index >= 15 is 0 Å². The summed E-state index contributed by atoms with van der Waals surface area (Å²) in [5.74, 6) is 1.14. The number of aryl methyl sites for hydroxylation is 1. The highest BCUT2D eigenvalue weighted by molar-refractivity contribution is 5.71. The number of esters is 1. The van der Waals surface area contributed by atoms with Crippen molar-refractivity contribution in [3.8, 4) is 23.1 Å². The minimum Gasteiger partial charge on any atom is -0.493 e. The van der Waals surface area contributed by atoms with Gasteiger partial charge in [0.1, 0.15) is 0 Å². The Bertz CT molecular complexity index is 1160. The van der Waals surface area contributed by atoms with Gasteiger partial charge >= 0.3 is 12.1 Å². The largest absolute Gasteiger partial charge is 0.493 e. The Morgan fingerprint density at radius 3 is 2.42 bits per heavy atom. The fourth-order valence-corrected chi connectivity index (χ4v) is 3.91. The summed E-state index contributed by atoms with van der Waals surface area (Å²) in [5.41, 5.74) is 1.08. The number of methoxy groups -OCH3 is 1. The van der Waals surface area contributed by atoms with E-state index in [1.807, 2.05) is 6.20 Å². The molecule has 2 heterocycles. The van der Waals surface area contributed by atoms with Crippen molar-refractivity contribution in [3.63, 3.8) is 0 Å². The second kappa shape index (κ2) is 11.9. The number of hydrogen-bond acceptors (Lipinski definition) is 6. The molecule has 2 aromatic heterocycles. The molecule has 10 heteroatoms. The first-order valence-electron chi connectivity index (χ1n) is 11.8. The molecule has 0 aliphatic rings. The topological polar surface area (TPSA) is 75.5 Å². The molecular weight excluding hydrogens is 475 g/mol. The van der Waals surface area contributed by atoms with E-state index in [0.29, 0.717) is 36.8 Å². The molecule has 194 valence electrons. The zero-order valence-corrected chi connectivity index (χ0v) is 20.8. The summed E-state index contributed by atoms with van der Waals surface area (Å²) in [6.07, 6.45) is 1.19. The average molecular weight is 506 g/mol. The van der Waals surface area contributed by atoms with Crippen LogP contribution >= 0.6 is 0 Å². The minimum atomic E-state index is -4.45. The Balaban J connectivity index is 1.77. The smallest absolute Gasteiger partial charge is 0.417 e. The number of aromatic nitrogens is 3. The SMILES string of the molecule is CCC(CC)c1nn(-c2ccc(C(F)(F)F)cn2)cc1CCCOc1c(OC)cccc1OC(C)=O. The lowest BCUT2D eigenvalue weighted by molar-refractivity contribution is -0.138. The van der Waals surface area contributed by atoms with Gasteiger partial charge in [-0.25, -0.2) is 9.67 Å². The molecule has 3 aromatic rings. The highest BCUT2D eigenvalue weighted by Gasteiger charge is 2.30. The number of benzene rings is 1. The van der Waals surface area contributed by atoms with Gasteiger partial charge in [0.25, 0.3) is 0 Å². The molecule has 0 unspecified atom stereocenters. The first-order valence-corrected chi connectivity index (χ1v) is 11.8. The Morgan fingerprint density at radius 1 is 1.11 bits per heavy atom. The van der Waals surface area contributed by atoms with Gasteiger partial charge < -0.3 is 14.2 Å². The van der Waals surface area contributed by atoms with Crippen molar-refractivity contribution >= 4 is 5.97 Å². The van der Waals surface area contributed by atoms with Crippen LogP contribution in [0.2, 0.25) is 0 Å². The van der Waals surface area contributed by atoms with E-state index in [2.05, 4.69) is 23.9 Å². The maximum Gasteiger partial charge on any atom is 0.417 e. The van der Waals surface area contributed by atoms with E-state index in [1.54, 1.807) is 18.2 Å². The first kappa shape index (κ1) is 27.0. The summed E-state index contributed by atoms with van der Waals surface area (Å²) >= 11 is 0. The third-order valence-corrected chi connectivity index (χ3v) is 5.76. The molecule has 36 heavy (non-hydrogen) atoms. The zero-order valence-electron chi connectivity index (χ0n) is 20.8. The maximum atomic E-state index is 12.9. The summed E-state index contributed by atoms with van der Waals surface area (Å²) < 4.78 is 56.8. The molecule has 0 atom stereocenters. The Kier molecular flexibility index (Phi) is 8.95. The number of alkyl halides is 3. The van der Waals surface area contributed by atoms with Crippen LogP contribution in [-0.4, -0.2) is 34.5 Å². The molecule has 0 saturated carbocycles. The fourth-order valence-electron chi connectivity index (χ4n) is 3.91. The predicted octanol–water partition coefficient (Wildman–Crippen LogP) is 6.14. The van der Waals surface area contributed by atoms with Gasteiger partial charge in [-0.3, -0.25) is 4.79 Å². The predicted molar refractivity (Wildman–Crippen MR) is 128 cm³/mol. The van der Waals surface area contributed by atoms with Crippen molar-refractivity contribution in [3.05, 3.63) is 59.5 Å². The number of hydrogen-bond donors (Lipinski definition) is 0. The molecule has 7 nitrogen and oxygen atoms in total. The molecule has 0 spiro atoms. The molecule has 0 aliphatic heterocycles. The van der Waals surface area contributed by atoms with Gasteiger partial charge in [0.15, 0.2) is 17.3 Å². The van der Waals surface area contributed by atoms with Gasteiger partial charge in [0, 0.05) is 25.2 Å². The Labute approximate surface area is 208 Å². The van der Waals surface area contributed by atoms with Crippen LogP contribution in [0.25, 0.3) is 5.82 Å². The lowest BCUT2D eigenvalue weighted by atomic mass is 9.95. The summed E-state index contributed by atoms with van der Waals surface area (Å²) in [6, 6.07) is 7.37. The van der Waals surface area contributed by atoms with E-state index < -0.39 is 17.7 Å². The van der Waals surface area contributed by atoms with Crippen LogP contribution in [0.3, 0.4) is 0 Å². The third-order valence-electron chi connectivity index (χ3n) is 5.76. The number of carbonyl (C=O) groups excluding carboxylic acids is 1. The highest BCUT2D eigenvalue weighted by Crippen LogP contribution is 2.37. The van der Waals surface area contributed by atoms with Gasteiger partial charge in [-0.15, -0.1) is 0 Å². The van der Waals surface area contributed by atoms with Crippen LogP contribution in [0.4, 0.5) is 13.2 Å². The second-order valence-electron chi connectivity index (χ2n) is 8.23. The van der Waals surface area contributed by atoms with Gasteiger partial charge in [-0.05, 0) is 55.5 Å². The summed E-state index contributed by atoms with van der Waals surface area (Å²) in [5, 5.41) is 4.68. The van der Waals surface area contributed by atoms with E-state index in [1.165, 1.54) is 24.8 Å². The molecule has 0 radical (unpaired) electrons. The van der Waals surface area contributed by atoms with Gasteiger partial charge in [0.05, 0.1) is 25.0 Å². The van der Waals surface area contributed by atoms with E-state index in [4.69, 9.17) is 14.2 Å². The molecule has 0 bridgehead atoms. The molecule has 0 fully saturated rings. The molecule has 0 amide bonds. The van der Waals surface area contributed by atoms with Gasteiger partial charge in [-0.1, -0.05) is 19.9 Å². The van der Waals surface area contributed by atoms with Crippen LogP contribution in [0.15, 0.2) is 42.7 Å². The number of nitrogens with zero attached hydrogens (tertiary/aromatic N) is 3. The van der Waals surface area contributed by atoms with Crippen molar-refractivity contribution < 1.29 is 32.2 Å². The van der Waals surface area contributed by atoms with E-state index in [9.17, 15) is 18.0 Å². The first-order chi connectivity index (χ1) is 17.2. The minimum absolute atomic E-state index is 0.210. The summed E-state index contributed by atoms with van der Waals surface area (Å²) in [6.45, 7) is 5.79. The quantitative estimate of drug-likeness (QED) is 0.177. The lowest BCUT2D eigenvalue weighted by Gasteiger charge is -2.15. The molecule has 0 saturated heterocycles. The molecule has 0 aliphatic carbocycles. The molecule has 1 aromatic carbocycles. The summed E-state index contributed by atoms with van der Waals surface area (Å²) in [4.78, 5) is 15.4. The van der Waals surface area contributed by atoms with Crippen LogP contribution in [0.5, 0.6) is 17.2 Å². The number of rotatable bonds is 11. The number of pyridine rings is 1. The number of carbonyl (C=O) groups is 1. The average Bonchev–Trinajstić information content (AvgIpc) is 3.26. The molecular formula is C26H30F3N3O4. The van der Waals surface area contributed by atoms with Crippen LogP contribution < -0.4 is 14.2 Å². The summed E-state index contributed by atoms with van der Waals surface area (Å²) in [7, 11) is 1.51. The van der Waals surface area contributed by atoms with E-state index in [-0.39, 0.29) is 11.7 Å². The van der Waals surface area contributed by atoms with Crippen LogP contribution in [0.1, 0.15) is 62.8 Å². The number of para-hydroxylation sites is 1. The standard InChI is InChI=1S/C26H30F3N3O4/c1-5-18(6-2)24-19(16-32(31-24)23-13-12-20(15-30-23)26(27,28)29)9-8-14-35-25-21(34-4)10-7-11-22(25)36-17(3)33/h7,10-13,15-16,18H,5-6,8-9,14H2,1-4H3. The van der Waals surface area contributed by atoms with Crippen molar-refractivity contribution in [2.75, 3.05) is 13.7 Å². The molecule has 3 rings (SSSR count). The number of halogens is 3. The number of ether oxygens (including phenoxy) is 3. The fraction of sp³-hybridized carbons (Fsp3) is 0.423. The lowest BCUT2D eigenvalue weighted by Crippen LogP contribution is -2.07. The maximum absolute atomic E-state index is 12.9. The van der Waals surface area contributed by atoms with Crippen molar-refractivity contribution in [2.45, 2.75) is 58.5 Å². The molecule has 0 N–H and O–H groups in total. The van der Waals surface area contributed by atoms with Crippen molar-refractivity contribution in [1.82, 2.24) is 14.8 Å². The zero-order chi connectivity index (χ0) is 26.3. The normalized spacial score (nSPS) is 11.6.